The Morgan fingerprint density at radius 1 is 1.27 bits per heavy atom. The molecule has 0 fully saturated rings. The van der Waals surface area contributed by atoms with Gasteiger partial charge in [0.05, 0.1) is 11.5 Å². The smallest absolute Gasteiger partial charge is 0.360 e. The average molecular weight is 396 g/mol. The van der Waals surface area contributed by atoms with Crippen molar-refractivity contribution in [3.8, 4) is 10.6 Å². The van der Waals surface area contributed by atoms with Gasteiger partial charge in [-0.3, -0.25) is 4.72 Å². The van der Waals surface area contributed by atoms with Gasteiger partial charge in [-0.15, -0.1) is 11.3 Å². The second-order valence-corrected chi connectivity index (χ2v) is 8.02. The number of nitrogens with one attached hydrogen (secondary N) is 1. The Labute approximate surface area is 152 Å². The van der Waals surface area contributed by atoms with Crippen LogP contribution in [0.2, 0.25) is 0 Å². The molecule has 2 heterocycles. The van der Waals surface area contributed by atoms with Crippen molar-refractivity contribution < 1.29 is 26.9 Å². The zero-order valence-electron chi connectivity index (χ0n) is 13.4. The van der Waals surface area contributed by atoms with E-state index in [2.05, 4.69) is 9.88 Å². The third-order valence-electron chi connectivity index (χ3n) is 3.18. The molecule has 0 bridgehead atoms. The number of halogens is 1. The topological polar surface area (TPSA) is 98.5 Å². The highest BCUT2D eigenvalue weighted by Crippen LogP contribution is 2.32. The number of ether oxygens (including phenoxy) is 1. The van der Waals surface area contributed by atoms with Gasteiger partial charge in [0.2, 0.25) is 0 Å². The monoisotopic (exact) mass is 396 g/mol. The number of esters is 1. The summed E-state index contributed by atoms with van der Waals surface area (Å²) in [6, 6.07) is 9.28. The van der Waals surface area contributed by atoms with Gasteiger partial charge in [0, 0.05) is 11.8 Å². The lowest BCUT2D eigenvalue weighted by molar-refractivity contribution is 0.0514. The molecule has 10 heteroatoms. The number of hydrogen-bond acceptors (Lipinski definition) is 7. The van der Waals surface area contributed by atoms with Crippen LogP contribution >= 0.6 is 11.3 Å². The van der Waals surface area contributed by atoms with Crippen LogP contribution in [0.3, 0.4) is 0 Å². The second kappa shape index (κ2) is 7.26. The Morgan fingerprint density at radius 2 is 2.00 bits per heavy atom. The van der Waals surface area contributed by atoms with Crippen LogP contribution in [0, 0.1) is 5.82 Å². The summed E-state index contributed by atoms with van der Waals surface area (Å²) in [4.78, 5) is 12.1. The van der Waals surface area contributed by atoms with Gasteiger partial charge in [-0.25, -0.2) is 17.6 Å². The molecule has 0 unspecified atom stereocenters. The molecule has 0 spiro atoms. The van der Waals surface area contributed by atoms with Gasteiger partial charge in [-0.05, 0) is 43.3 Å². The van der Waals surface area contributed by atoms with Crippen molar-refractivity contribution in [3.05, 3.63) is 54.0 Å². The number of carbonyl (C=O) groups is 1. The van der Waals surface area contributed by atoms with Crippen LogP contribution in [-0.2, 0) is 14.8 Å². The van der Waals surface area contributed by atoms with Crippen LogP contribution in [0.15, 0.2) is 51.2 Å². The minimum Gasteiger partial charge on any atom is -0.461 e. The number of nitrogens with zero attached hydrogens (tertiary/aromatic N) is 1. The summed E-state index contributed by atoms with van der Waals surface area (Å²) >= 11 is 0.943. The molecule has 3 aromatic rings. The van der Waals surface area contributed by atoms with Gasteiger partial charge in [0.15, 0.2) is 11.5 Å². The van der Waals surface area contributed by atoms with Gasteiger partial charge < -0.3 is 9.26 Å². The first-order valence-electron chi connectivity index (χ1n) is 7.41. The highest BCUT2D eigenvalue weighted by molar-refractivity contribution is 7.94. The van der Waals surface area contributed by atoms with Crippen molar-refractivity contribution >= 4 is 33.0 Å². The second-order valence-electron chi connectivity index (χ2n) is 5.03. The molecule has 0 atom stereocenters. The van der Waals surface area contributed by atoms with E-state index in [1.165, 1.54) is 24.3 Å². The quantitative estimate of drug-likeness (QED) is 0.640. The van der Waals surface area contributed by atoms with Crippen LogP contribution in [0.1, 0.15) is 17.4 Å². The molecule has 1 aromatic carbocycles. The maximum absolute atomic E-state index is 12.9. The minimum absolute atomic E-state index is 0.00379. The molecule has 3 rings (SSSR count). The van der Waals surface area contributed by atoms with E-state index in [1.807, 2.05) is 0 Å². The summed E-state index contributed by atoms with van der Waals surface area (Å²) in [5, 5.41) is 3.62. The summed E-state index contributed by atoms with van der Waals surface area (Å²) < 4.78 is 50.0. The first kappa shape index (κ1) is 18.1. The zero-order chi connectivity index (χ0) is 18.7. The molecule has 0 aliphatic heterocycles. The maximum atomic E-state index is 12.9. The van der Waals surface area contributed by atoms with Crippen molar-refractivity contribution in [1.29, 1.82) is 0 Å². The normalized spacial score (nSPS) is 11.3. The van der Waals surface area contributed by atoms with E-state index in [0.29, 0.717) is 4.88 Å². The number of rotatable bonds is 6. The van der Waals surface area contributed by atoms with Gasteiger partial charge in [-0.1, -0.05) is 5.16 Å². The van der Waals surface area contributed by atoms with Crippen molar-refractivity contribution in [1.82, 2.24) is 5.16 Å². The van der Waals surface area contributed by atoms with Crippen LogP contribution in [0.25, 0.3) is 10.6 Å². The molecule has 0 radical (unpaired) electrons. The Bertz CT molecular complexity index is 1030. The van der Waals surface area contributed by atoms with Gasteiger partial charge >= 0.3 is 5.97 Å². The Kier molecular flexibility index (Phi) is 5.05. The highest BCUT2D eigenvalue weighted by Gasteiger charge is 2.20. The molecule has 2 aromatic heterocycles. The van der Waals surface area contributed by atoms with E-state index in [0.717, 1.165) is 23.5 Å². The van der Waals surface area contributed by atoms with Crippen LogP contribution in [0.4, 0.5) is 10.1 Å². The van der Waals surface area contributed by atoms with E-state index >= 15 is 0 Å². The Balaban J connectivity index is 1.80. The fourth-order valence-electron chi connectivity index (χ4n) is 2.01. The predicted molar refractivity (Wildman–Crippen MR) is 93.0 cm³/mol. The minimum atomic E-state index is -3.84. The van der Waals surface area contributed by atoms with Gasteiger partial charge in [-0.2, -0.15) is 0 Å². The zero-order valence-corrected chi connectivity index (χ0v) is 15.1. The molecule has 1 N–H and O–H groups in total. The van der Waals surface area contributed by atoms with E-state index in [-0.39, 0.29) is 28.0 Å². The van der Waals surface area contributed by atoms with Crippen LogP contribution in [-0.4, -0.2) is 26.2 Å². The first-order valence-corrected chi connectivity index (χ1v) is 9.71. The SMILES string of the molecule is CCOC(=O)c1cc(-c2ccc(S(=O)(=O)Nc3ccc(F)cc3)s2)on1. The van der Waals surface area contributed by atoms with Crippen molar-refractivity contribution in [2.75, 3.05) is 11.3 Å². The molecular formula is C16H13FN2O5S2. The maximum Gasteiger partial charge on any atom is 0.360 e. The molecule has 26 heavy (non-hydrogen) atoms. The lowest BCUT2D eigenvalue weighted by Crippen LogP contribution is -2.11. The third-order valence-corrected chi connectivity index (χ3v) is 6.15. The molecule has 0 aliphatic rings. The van der Waals surface area contributed by atoms with Gasteiger partial charge in [0.25, 0.3) is 10.0 Å². The van der Waals surface area contributed by atoms with Crippen LogP contribution in [0.5, 0.6) is 0 Å². The fraction of sp³-hybridized carbons (Fsp3) is 0.125. The van der Waals surface area contributed by atoms with E-state index in [1.54, 1.807) is 13.0 Å². The van der Waals surface area contributed by atoms with Crippen molar-refractivity contribution in [2.24, 2.45) is 0 Å². The van der Waals surface area contributed by atoms with Crippen molar-refractivity contribution in [2.45, 2.75) is 11.1 Å². The lowest BCUT2D eigenvalue weighted by Gasteiger charge is -2.05. The number of carbonyl (C=O) groups excluding carboxylic acids is 1. The third kappa shape index (κ3) is 3.92. The molecule has 7 nitrogen and oxygen atoms in total. The summed E-state index contributed by atoms with van der Waals surface area (Å²) in [6.45, 7) is 1.88. The molecule has 136 valence electrons. The van der Waals surface area contributed by atoms with Crippen LogP contribution < -0.4 is 4.72 Å². The molecule has 0 aliphatic carbocycles. The largest absolute Gasteiger partial charge is 0.461 e. The number of aromatic nitrogens is 1. The first-order chi connectivity index (χ1) is 12.4. The number of anilines is 1. The van der Waals surface area contributed by atoms with Gasteiger partial charge in [0.1, 0.15) is 10.0 Å². The average Bonchev–Trinajstić information content (AvgIpc) is 3.26. The van der Waals surface area contributed by atoms with E-state index in [4.69, 9.17) is 9.26 Å². The molecule has 0 amide bonds. The summed E-state index contributed by atoms with van der Waals surface area (Å²) in [7, 11) is -3.84. The highest BCUT2D eigenvalue weighted by atomic mass is 32.2. The summed E-state index contributed by atoms with van der Waals surface area (Å²) in [6.07, 6.45) is 0. The predicted octanol–water partition coefficient (Wildman–Crippen LogP) is 3.52. The summed E-state index contributed by atoms with van der Waals surface area (Å²) in [5.74, 6) is -0.833. The van der Waals surface area contributed by atoms with E-state index in [9.17, 15) is 17.6 Å². The molecule has 0 saturated heterocycles. The summed E-state index contributed by atoms with van der Waals surface area (Å²) in [5.41, 5.74) is 0.245. The van der Waals surface area contributed by atoms with E-state index < -0.39 is 21.8 Å². The molecule has 0 saturated carbocycles. The fourth-order valence-corrected chi connectivity index (χ4v) is 4.33. The standard InChI is InChI=1S/C16H13FN2O5S2/c1-2-23-16(20)12-9-13(24-18-12)14-7-8-15(25-14)26(21,22)19-11-5-3-10(17)4-6-11/h3-9,19H,2H2,1H3. The van der Waals surface area contributed by atoms with Crippen molar-refractivity contribution in [3.63, 3.8) is 0 Å². The number of benzene rings is 1. The Morgan fingerprint density at radius 3 is 2.69 bits per heavy atom. The number of sulfonamides is 1. The number of thiophene rings is 1. The number of hydrogen-bond donors (Lipinski definition) is 1. The lowest BCUT2D eigenvalue weighted by atomic mass is 10.3. The molecular weight excluding hydrogens is 383 g/mol. The Hall–Kier alpha value is -2.72.